The molecule has 0 spiro atoms. The molecule has 19 heavy (non-hydrogen) atoms. The zero-order valence-electron chi connectivity index (χ0n) is 10.1. The van der Waals surface area contributed by atoms with Gasteiger partial charge in [-0.25, -0.2) is 0 Å². The number of benzene rings is 1. The molecule has 0 aliphatic carbocycles. The van der Waals surface area contributed by atoms with Crippen LogP contribution in [0, 0.1) is 0 Å². The third-order valence-electron chi connectivity index (χ3n) is 3.17. The normalized spacial score (nSPS) is 14.3. The summed E-state index contributed by atoms with van der Waals surface area (Å²) in [6.45, 7) is 1.86. The fourth-order valence-electron chi connectivity index (χ4n) is 2.10. The number of aromatic nitrogens is 3. The second-order valence-electron chi connectivity index (χ2n) is 4.40. The van der Waals surface area contributed by atoms with Crippen molar-refractivity contribution < 1.29 is 4.79 Å². The third kappa shape index (κ3) is 2.21. The molecule has 0 saturated heterocycles. The monoisotopic (exact) mass is 321 g/mol. The highest BCUT2D eigenvalue weighted by molar-refractivity contribution is 9.10. The number of hydrogen-bond acceptors (Lipinski definition) is 4. The Labute approximate surface area is 118 Å². The van der Waals surface area contributed by atoms with E-state index in [1.165, 1.54) is 0 Å². The van der Waals surface area contributed by atoms with Crippen LogP contribution in [0.4, 0.5) is 5.69 Å². The molecule has 1 aromatic heterocycles. The zero-order chi connectivity index (χ0) is 13.4. The summed E-state index contributed by atoms with van der Waals surface area (Å²) in [4.78, 5) is 14.1. The fourth-order valence-corrected chi connectivity index (χ4v) is 2.35. The van der Waals surface area contributed by atoms with Crippen LogP contribution >= 0.6 is 15.9 Å². The van der Waals surface area contributed by atoms with Crippen LogP contribution in [0.5, 0.6) is 0 Å². The largest absolute Gasteiger partial charge is 0.398 e. The Morgan fingerprint density at radius 2 is 2.21 bits per heavy atom. The maximum absolute atomic E-state index is 12.4. The first kappa shape index (κ1) is 12.2. The number of anilines is 1. The van der Waals surface area contributed by atoms with Gasteiger partial charge >= 0.3 is 0 Å². The SMILES string of the molecule is Nc1cc(C(=O)N2CCn3cnnc3C2)ccc1Br. The molecule has 1 aromatic carbocycles. The van der Waals surface area contributed by atoms with Gasteiger partial charge in [-0.15, -0.1) is 10.2 Å². The lowest BCUT2D eigenvalue weighted by molar-refractivity contribution is 0.0707. The molecule has 0 atom stereocenters. The Hall–Kier alpha value is -1.89. The van der Waals surface area contributed by atoms with Crippen molar-refractivity contribution >= 4 is 27.5 Å². The predicted octanol–water partition coefficient (Wildman–Crippen LogP) is 1.28. The lowest BCUT2D eigenvalue weighted by atomic mass is 10.1. The van der Waals surface area contributed by atoms with Gasteiger partial charge in [-0.2, -0.15) is 0 Å². The van der Waals surface area contributed by atoms with Crippen LogP contribution in [0.15, 0.2) is 29.0 Å². The van der Waals surface area contributed by atoms with Gasteiger partial charge in [-0.05, 0) is 34.1 Å². The van der Waals surface area contributed by atoms with Gasteiger partial charge in [0.15, 0.2) is 5.82 Å². The van der Waals surface area contributed by atoms with Gasteiger partial charge in [0.05, 0.1) is 6.54 Å². The molecular formula is C12H12BrN5O. The standard InChI is InChI=1S/C12H12BrN5O/c13-9-2-1-8(5-10(9)14)12(19)17-3-4-18-7-15-16-11(18)6-17/h1-2,5,7H,3-4,6,14H2. The zero-order valence-corrected chi connectivity index (χ0v) is 11.7. The molecule has 6 nitrogen and oxygen atoms in total. The van der Waals surface area contributed by atoms with Crippen LogP contribution in [0.2, 0.25) is 0 Å². The third-order valence-corrected chi connectivity index (χ3v) is 3.89. The van der Waals surface area contributed by atoms with Gasteiger partial charge in [0.2, 0.25) is 0 Å². The number of hydrogen-bond donors (Lipinski definition) is 1. The molecule has 1 aliphatic rings. The number of amides is 1. The Morgan fingerprint density at radius 1 is 1.37 bits per heavy atom. The number of rotatable bonds is 1. The van der Waals surface area contributed by atoms with Crippen molar-refractivity contribution in [1.82, 2.24) is 19.7 Å². The Morgan fingerprint density at radius 3 is 3.00 bits per heavy atom. The average molecular weight is 322 g/mol. The van der Waals surface area contributed by atoms with Crippen LogP contribution in [0.3, 0.4) is 0 Å². The van der Waals surface area contributed by atoms with Crippen molar-refractivity contribution in [2.75, 3.05) is 12.3 Å². The van der Waals surface area contributed by atoms with Gasteiger partial charge in [0.25, 0.3) is 5.91 Å². The number of nitrogen functional groups attached to an aromatic ring is 1. The molecule has 3 rings (SSSR count). The molecule has 0 bridgehead atoms. The van der Waals surface area contributed by atoms with Gasteiger partial charge in [-0.3, -0.25) is 4.79 Å². The maximum atomic E-state index is 12.4. The van der Waals surface area contributed by atoms with Crippen molar-refractivity contribution in [2.45, 2.75) is 13.1 Å². The Balaban J connectivity index is 1.83. The van der Waals surface area contributed by atoms with Crippen LogP contribution in [0.25, 0.3) is 0 Å². The molecular weight excluding hydrogens is 310 g/mol. The summed E-state index contributed by atoms with van der Waals surface area (Å²) in [5.41, 5.74) is 6.96. The van der Waals surface area contributed by atoms with Gasteiger partial charge in [0, 0.05) is 28.8 Å². The highest BCUT2D eigenvalue weighted by Gasteiger charge is 2.23. The van der Waals surface area contributed by atoms with Gasteiger partial charge in [-0.1, -0.05) is 0 Å². The summed E-state index contributed by atoms with van der Waals surface area (Å²) in [6, 6.07) is 5.24. The minimum atomic E-state index is -0.0338. The van der Waals surface area contributed by atoms with Crippen molar-refractivity contribution in [1.29, 1.82) is 0 Å². The van der Waals surface area contributed by atoms with Gasteiger partial charge < -0.3 is 15.2 Å². The Kier molecular flexibility index (Phi) is 2.98. The molecule has 2 aromatic rings. The fraction of sp³-hybridized carbons (Fsp3) is 0.250. The molecule has 98 valence electrons. The topological polar surface area (TPSA) is 77.0 Å². The molecule has 0 saturated carbocycles. The number of nitrogens with two attached hydrogens (primary N) is 1. The smallest absolute Gasteiger partial charge is 0.254 e. The van der Waals surface area contributed by atoms with E-state index >= 15 is 0 Å². The van der Waals surface area contributed by atoms with E-state index in [-0.39, 0.29) is 5.91 Å². The van der Waals surface area contributed by atoms with E-state index in [2.05, 4.69) is 26.1 Å². The number of carbonyl (C=O) groups excluding carboxylic acids is 1. The molecule has 2 heterocycles. The van der Waals surface area contributed by atoms with E-state index in [1.807, 2.05) is 4.57 Å². The summed E-state index contributed by atoms with van der Waals surface area (Å²) in [7, 11) is 0. The van der Waals surface area contributed by atoms with Crippen molar-refractivity contribution in [3.63, 3.8) is 0 Å². The van der Waals surface area contributed by atoms with Gasteiger partial charge in [0.1, 0.15) is 6.33 Å². The van der Waals surface area contributed by atoms with E-state index in [0.717, 1.165) is 16.8 Å². The number of fused-ring (bicyclic) bond motifs is 1. The van der Waals surface area contributed by atoms with E-state index in [4.69, 9.17) is 5.73 Å². The van der Waals surface area contributed by atoms with Crippen molar-refractivity contribution in [3.05, 3.63) is 40.4 Å². The molecule has 0 fully saturated rings. The predicted molar refractivity (Wildman–Crippen MR) is 73.3 cm³/mol. The summed E-state index contributed by atoms with van der Waals surface area (Å²) < 4.78 is 2.75. The van der Waals surface area contributed by atoms with Crippen molar-refractivity contribution in [2.24, 2.45) is 0 Å². The highest BCUT2D eigenvalue weighted by Crippen LogP contribution is 2.22. The van der Waals surface area contributed by atoms with Crippen LogP contribution in [-0.2, 0) is 13.1 Å². The molecule has 7 heteroatoms. The first-order valence-corrected chi connectivity index (χ1v) is 6.65. The van der Waals surface area contributed by atoms with Crippen LogP contribution in [-0.4, -0.2) is 32.1 Å². The molecule has 0 radical (unpaired) electrons. The van der Waals surface area contributed by atoms with E-state index in [9.17, 15) is 4.79 Å². The summed E-state index contributed by atoms with van der Waals surface area (Å²) in [5, 5.41) is 7.85. The number of nitrogens with zero attached hydrogens (tertiary/aromatic N) is 4. The minimum absolute atomic E-state index is 0.0338. The lowest BCUT2D eigenvalue weighted by Gasteiger charge is -2.27. The first-order valence-electron chi connectivity index (χ1n) is 5.86. The highest BCUT2D eigenvalue weighted by atomic mass is 79.9. The van der Waals surface area contributed by atoms with Crippen LogP contribution < -0.4 is 5.73 Å². The molecule has 0 unspecified atom stereocenters. The van der Waals surface area contributed by atoms with E-state index in [0.29, 0.717) is 24.3 Å². The minimum Gasteiger partial charge on any atom is -0.398 e. The Bertz CT molecular complexity index is 639. The number of halogens is 1. The average Bonchev–Trinajstić information content (AvgIpc) is 2.88. The quantitative estimate of drug-likeness (QED) is 0.803. The maximum Gasteiger partial charge on any atom is 0.254 e. The summed E-state index contributed by atoms with van der Waals surface area (Å²) >= 11 is 3.32. The first-order chi connectivity index (χ1) is 9.15. The van der Waals surface area contributed by atoms with E-state index < -0.39 is 0 Å². The number of carbonyl (C=O) groups is 1. The summed E-state index contributed by atoms with van der Waals surface area (Å²) in [5.74, 6) is 0.776. The molecule has 1 amide bonds. The molecule has 1 aliphatic heterocycles. The van der Waals surface area contributed by atoms with Crippen molar-refractivity contribution in [3.8, 4) is 0 Å². The summed E-state index contributed by atoms with van der Waals surface area (Å²) in [6.07, 6.45) is 1.69. The second kappa shape index (κ2) is 4.65. The van der Waals surface area contributed by atoms with E-state index in [1.54, 1.807) is 29.4 Å². The van der Waals surface area contributed by atoms with Crippen LogP contribution in [0.1, 0.15) is 16.2 Å². The second-order valence-corrected chi connectivity index (χ2v) is 5.26. The lowest BCUT2D eigenvalue weighted by Crippen LogP contribution is -2.38. The molecule has 2 N–H and O–H groups in total.